The molecule has 0 spiro atoms. The molecule has 1 aromatic rings. The predicted molar refractivity (Wildman–Crippen MR) is 96.2 cm³/mol. The number of phenolic OH excluding ortho intramolecular Hbond substituents is 1. The minimum absolute atomic E-state index is 0.0300. The highest BCUT2D eigenvalue weighted by Gasteiger charge is 2.52. The minimum atomic E-state index is -0.670. The summed E-state index contributed by atoms with van der Waals surface area (Å²) in [7, 11) is -0.670. The van der Waals surface area contributed by atoms with Crippen molar-refractivity contribution in [2.75, 3.05) is 6.54 Å². The van der Waals surface area contributed by atoms with Gasteiger partial charge in [-0.3, -0.25) is 9.59 Å². The van der Waals surface area contributed by atoms with Gasteiger partial charge >= 0.3 is 7.12 Å². The van der Waals surface area contributed by atoms with Crippen molar-refractivity contribution in [1.82, 2.24) is 5.32 Å². The first-order valence-electron chi connectivity index (χ1n) is 8.14. The number of hydrogen-bond acceptors (Lipinski definition) is 5. The van der Waals surface area contributed by atoms with Crippen LogP contribution in [-0.4, -0.2) is 42.2 Å². The maximum atomic E-state index is 11.3. The van der Waals surface area contributed by atoms with Gasteiger partial charge in [0.15, 0.2) is 0 Å². The van der Waals surface area contributed by atoms with E-state index in [4.69, 9.17) is 9.31 Å². The molecular weight excluding hydrogens is 321 g/mol. The Bertz CT molecular complexity index is 695. The number of benzene rings is 1. The highest BCUT2D eigenvalue weighted by Crippen LogP contribution is 2.39. The smallest absolute Gasteiger partial charge is 0.492 e. The molecule has 7 heteroatoms. The van der Waals surface area contributed by atoms with Crippen molar-refractivity contribution in [1.29, 1.82) is 0 Å². The fourth-order valence-electron chi connectivity index (χ4n) is 2.39. The van der Waals surface area contributed by atoms with Crippen LogP contribution in [0.2, 0.25) is 0 Å². The molecule has 1 fully saturated rings. The monoisotopic (exact) mass is 345 g/mol. The summed E-state index contributed by atoms with van der Waals surface area (Å²) in [6.07, 6.45) is 2.39. The maximum Gasteiger partial charge on any atom is 0.492 e. The topological polar surface area (TPSA) is 84.9 Å². The fraction of sp³-hybridized carbons (Fsp3) is 0.444. The first-order chi connectivity index (χ1) is 11.6. The van der Waals surface area contributed by atoms with Gasteiger partial charge in [-0.1, -0.05) is 6.08 Å². The van der Waals surface area contributed by atoms with Crippen LogP contribution >= 0.6 is 0 Å². The van der Waals surface area contributed by atoms with E-state index in [1.807, 2.05) is 27.7 Å². The van der Waals surface area contributed by atoms with Gasteiger partial charge in [-0.25, -0.2) is 0 Å². The largest absolute Gasteiger partial charge is 0.507 e. The lowest BCUT2D eigenvalue weighted by Crippen LogP contribution is -2.41. The van der Waals surface area contributed by atoms with E-state index in [1.54, 1.807) is 12.1 Å². The molecule has 134 valence electrons. The average Bonchev–Trinajstić information content (AvgIpc) is 2.73. The Labute approximate surface area is 148 Å². The minimum Gasteiger partial charge on any atom is -0.507 e. The molecule has 0 aromatic heterocycles. The van der Waals surface area contributed by atoms with Gasteiger partial charge in [-0.05, 0) is 51.4 Å². The van der Waals surface area contributed by atoms with Crippen molar-refractivity contribution in [2.45, 2.75) is 45.8 Å². The Morgan fingerprint density at radius 1 is 1.24 bits per heavy atom. The molecule has 0 bridgehead atoms. The Balaban J connectivity index is 2.40. The molecule has 0 unspecified atom stereocenters. The average molecular weight is 345 g/mol. The number of phenols is 1. The van der Waals surface area contributed by atoms with Crippen LogP contribution in [0.1, 0.15) is 50.5 Å². The van der Waals surface area contributed by atoms with Crippen LogP contribution in [0.4, 0.5) is 0 Å². The molecule has 1 saturated heterocycles. The Morgan fingerprint density at radius 2 is 1.84 bits per heavy atom. The van der Waals surface area contributed by atoms with Crippen LogP contribution in [0.15, 0.2) is 23.7 Å². The van der Waals surface area contributed by atoms with E-state index in [0.717, 1.165) is 0 Å². The molecule has 1 heterocycles. The third-order valence-electron chi connectivity index (χ3n) is 4.63. The number of amides is 1. The number of carbonyl (C=O) groups is 2. The van der Waals surface area contributed by atoms with Gasteiger partial charge in [0.05, 0.1) is 11.2 Å². The van der Waals surface area contributed by atoms with Crippen molar-refractivity contribution >= 4 is 25.4 Å². The fourth-order valence-corrected chi connectivity index (χ4v) is 2.39. The SMILES string of the molecule is CC(=O)NCC(=Cc1cc(C=O)ccc1O)B1OC(C)(C)C(C)(C)O1. The van der Waals surface area contributed by atoms with Crippen LogP contribution in [0.3, 0.4) is 0 Å². The second kappa shape index (κ2) is 7.02. The predicted octanol–water partition coefficient (Wildman–Crippen LogP) is 2.36. The summed E-state index contributed by atoms with van der Waals surface area (Å²) in [6, 6.07) is 4.55. The number of nitrogens with one attached hydrogen (secondary N) is 1. The third kappa shape index (κ3) is 4.30. The molecule has 0 aliphatic carbocycles. The lowest BCUT2D eigenvalue weighted by atomic mass is 9.76. The highest BCUT2D eigenvalue weighted by molar-refractivity contribution is 6.56. The summed E-state index contributed by atoms with van der Waals surface area (Å²) in [5.41, 5.74) is 0.489. The second-order valence-corrected chi connectivity index (χ2v) is 7.15. The highest BCUT2D eigenvalue weighted by atomic mass is 16.7. The van der Waals surface area contributed by atoms with Gasteiger partial charge in [-0.15, -0.1) is 0 Å². The van der Waals surface area contributed by atoms with Gasteiger partial charge in [-0.2, -0.15) is 0 Å². The van der Waals surface area contributed by atoms with Crippen molar-refractivity contribution in [3.63, 3.8) is 0 Å². The number of carbonyl (C=O) groups excluding carboxylic acids is 2. The molecule has 1 aliphatic rings. The molecule has 1 aliphatic heterocycles. The Morgan fingerprint density at radius 3 is 2.36 bits per heavy atom. The van der Waals surface area contributed by atoms with Gasteiger partial charge in [0.25, 0.3) is 0 Å². The zero-order valence-electron chi connectivity index (χ0n) is 15.3. The molecule has 0 atom stereocenters. The normalized spacial score (nSPS) is 18.9. The Kier molecular flexibility index (Phi) is 5.39. The molecule has 6 nitrogen and oxygen atoms in total. The Hall–Kier alpha value is -2.12. The standard InChI is InChI=1S/C18H24BNO5/c1-12(22)20-10-15(19-24-17(2,3)18(4,5)25-19)9-14-8-13(11-21)6-7-16(14)23/h6-9,11,23H,10H2,1-5H3,(H,20,22). The maximum absolute atomic E-state index is 11.3. The molecule has 1 aromatic carbocycles. The van der Waals surface area contributed by atoms with E-state index < -0.39 is 18.3 Å². The van der Waals surface area contributed by atoms with Crippen molar-refractivity contribution in [3.8, 4) is 5.75 Å². The summed E-state index contributed by atoms with van der Waals surface area (Å²) < 4.78 is 12.1. The molecule has 2 rings (SSSR count). The summed E-state index contributed by atoms with van der Waals surface area (Å²) in [6.45, 7) is 9.38. The lowest BCUT2D eigenvalue weighted by Gasteiger charge is -2.32. The van der Waals surface area contributed by atoms with Crippen LogP contribution in [0.25, 0.3) is 6.08 Å². The van der Waals surface area contributed by atoms with Crippen molar-refractivity contribution in [3.05, 3.63) is 34.8 Å². The number of aldehydes is 1. The van der Waals surface area contributed by atoms with E-state index in [9.17, 15) is 14.7 Å². The lowest BCUT2D eigenvalue weighted by molar-refractivity contribution is -0.118. The molecule has 25 heavy (non-hydrogen) atoms. The van der Waals surface area contributed by atoms with Crippen molar-refractivity contribution in [2.24, 2.45) is 0 Å². The summed E-state index contributed by atoms with van der Waals surface area (Å²) >= 11 is 0. The van der Waals surface area contributed by atoms with Gasteiger partial charge < -0.3 is 19.7 Å². The first-order valence-corrected chi connectivity index (χ1v) is 8.14. The molecular formula is C18H24BNO5. The zero-order chi connectivity index (χ0) is 18.8. The van der Waals surface area contributed by atoms with E-state index in [-0.39, 0.29) is 18.2 Å². The summed E-state index contributed by atoms with van der Waals surface area (Å²) in [5, 5.41) is 12.8. The molecule has 2 N–H and O–H groups in total. The first kappa shape index (κ1) is 19.2. The van der Waals surface area contributed by atoms with Gasteiger partial charge in [0.2, 0.25) is 5.91 Å². The summed E-state index contributed by atoms with van der Waals surface area (Å²) in [5.74, 6) is -0.157. The number of rotatable bonds is 5. The second-order valence-electron chi connectivity index (χ2n) is 7.15. The van der Waals surface area contributed by atoms with E-state index in [0.29, 0.717) is 22.9 Å². The third-order valence-corrected chi connectivity index (χ3v) is 4.63. The van der Waals surface area contributed by atoms with Gasteiger partial charge in [0, 0.05) is 24.6 Å². The van der Waals surface area contributed by atoms with Gasteiger partial charge in [0.1, 0.15) is 12.0 Å². The number of aromatic hydroxyl groups is 1. The number of hydrogen-bond donors (Lipinski definition) is 2. The quantitative estimate of drug-likeness (QED) is 0.632. The summed E-state index contributed by atoms with van der Waals surface area (Å²) in [4.78, 5) is 22.3. The van der Waals surface area contributed by atoms with Crippen molar-refractivity contribution < 1.29 is 24.0 Å². The molecule has 1 amide bonds. The van der Waals surface area contributed by atoms with Crippen LogP contribution in [0.5, 0.6) is 5.75 Å². The van der Waals surface area contributed by atoms with E-state index in [1.165, 1.54) is 19.1 Å². The zero-order valence-corrected chi connectivity index (χ0v) is 15.3. The molecule has 0 saturated carbocycles. The van der Waals surface area contributed by atoms with Crippen LogP contribution < -0.4 is 5.32 Å². The van der Waals surface area contributed by atoms with E-state index in [2.05, 4.69) is 5.32 Å². The van der Waals surface area contributed by atoms with Crippen LogP contribution in [0, 0.1) is 0 Å². The van der Waals surface area contributed by atoms with E-state index >= 15 is 0 Å². The van der Waals surface area contributed by atoms with Crippen LogP contribution in [-0.2, 0) is 14.1 Å². The molecule has 0 radical (unpaired) electrons.